The van der Waals surface area contributed by atoms with Crippen molar-refractivity contribution in [2.75, 3.05) is 0 Å². The summed E-state index contributed by atoms with van der Waals surface area (Å²) in [5.41, 5.74) is 0.460. The Balaban J connectivity index is 2.29. The molecule has 0 unspecified atom stereocenters. The Morgan fingerprint density at radius 3 is 2.33 bits per heavy atom. The number of nitrogens with two attached hydrogens (primary N) is 1. The first-order chi connectivity index (χ1) is 11.2. The van der Waals surface area contributed by atoms with Crippen molar-refractivity contribution in [1.82, 2.24) is 9.55 Å². The van der Waals surface area contributed by atoms with Gasteiger partial charge in [-0.15, -0.1) is 0 Å². The van der Waals surface area contributed by atoms with E-state index in [-0.39, 0.29) is 20.9 Å². The Kier molecular flexibility index (Phi) is 4.13. The summed E-state index contributed by atoms with van der Waals surface area (Å²) < 4.78 is 24.0. The highest BCUT2D eigenvalue weighted by Crippen LogP contribution is 2.25. The normalized spacial score (nSPS) is 11.8. The van der Waals surface area contributed by atoms with E-state index >= 15 is 0 Å². The lowest BCUT2D eigenvalue weighted by Crippen LogP contribution is -2.22. The third kappa shape index (κ3) is 2.91. The molecular weight excluding hydrogens is 373 g/mol. The molecule has 124 valence electrons. The Morgan fingerprint density at radius 1 is 1.12 bits per heavy atom. The summed E-state index contributed by atoms with van der Waals surface area (Å²) in [7, 11) is -3.81. The molecule has 2 N–H and O–H groups in total. The molecule has 1 aromatic heterocycles. The second-order valence-corrected chi connectivity index (χ2v) is 7.53. The Hall–Kier alpha value is -1.93. The molecule has 3 rings (SSSR count). The second kappa shape index (κ2) is 5.86. The molecule has 3 aromatic rings. The van der Waals surface area contributed by atoms with Crippen LogP contribution >= 0.6 is 23.2 Å². The second-order valence-electron chi connectivity index (χ2n) is 5.12. The Labute approximate surface area is 147 Å². The summed E-state index contributed by atoms with van der Waals surface area (Å²) in [5, 5.41) is 5.96. The smallest absolute Gasteiger partial charge is 0.266 e. The predicted molar refractivity (Wildman–Crippen MR) is 93.5 cm³/mol. The van der Waals surface area contributed by atoms with E-state index in [1.807, 2.05) is 0 Å². The molecule has 0 saturated heterocycles. The van der Waals surface area contributed by atoms with E-state index in [1.54, 1.807) is 6.92 Å². The minimum atomic E-state index is -3.81. The maximum atomic E-state index is 12.8. The molecule has 1 heterocycles. The number of sulfonamides is 1. The molecule has 0 spiro atoms. The highest BCUT2D eigenvalue weighted by molar-refractivity contribution is 7.89. The van der Waals surface area contributed by atoms with Crippen LogP contribution in [0.15, 0.2) is 46.1 Å². The third-order valence-electron chi connectivity index (χ3n) is 3.48. The summed E-state index contributed by atoms with van der Waals surface area (Å²) in [6.45, 7) is 1.65. The first-order valence-electron chi connectivity index (χ1n) is 6.70. The van der Waals surface area contributed by atoms with Crippen molar-refractivity contribution in [3.05, 3.63) is 62.6 Å². The zero-order valence-corrected chi connectivity index (χ0v) is 14.7. The van der Waals surface area contributed by atoms with Crippen molar-refractivity contribution in [3.63, 3.8) is 0 Å². The minimum Gasteiger partial charge on any atom is -0.268 e. The molecule has 0 aliphatic rings. The third-order valence-corrected chi connectivity index (χ3v) is 4.92. The van der Waals surface area contributed by atoms with Gasteiger partial charge in [-0.2, -0.15) is 0 Å². The molecule has 0 fully saturated rings. The van der Waals surface area contributed by atoms with Crippen LogP contribution in [-0.4, -0.2) is 18.0 Å². The van der Waals surface area contributed by atoms with Crippen molar-refractivity contribution in [1.29, 1.82) is 0 Å². The van der Waals surface area contributed by atoms with E-state index in [9.17, 15) is 13.2 Å². The maximum Gasteiger partial charge on any atom is 0.266 e. The van der Waals surface area contributed by atoms with Crippen molar-refractivity contribution >= 4 is 44.1 Å². The summed E-state index contributed by atoms with van der Waals surface area (Å²) in [4.78, 5) is 17.1. The van der Waals surface area contributed by atoms with Crippen LogP contribution in [0.4, 0.5) is 0 Å². The number of benzene rings is 2. The van der Waals surface area contributed by atoms with E-state index in [4.69, 9.17) is 28.3 Å². The topological polar surface area (TPSA) is 95.0 Å². The van der Waals surface area contributed by atoms with E-state index in [2.05, 4.69) is 4.98 Å². The van der Waals surface area contributed by atoms with E-state index < -0.39 is 10.0 Å². The molecule has 0 amide bonds. The zero-order valence-electron chi connectivity index (χ0n) is 12.3. The van der Waals surface area contributed by atoms with Crippen LogP contribution in [0.5, 0.6) is 0 Å². The van der Waals surface area contributed by atoms with Gasteiger partial charge in [-0.1, -0.05) is 23.2 Å². The quantitative estimate of drug-likeness (QED) is 0.735. The lowest BCUT2D eigenvalue weighted by atomic mass is 10.2. The molecule has 0 radical (unpaired) electrons. The average molecular weight is 384 g/mol. The average Bonchev–Trinajstić information content (AvgIpc) is 2.48. The Bertz CT molecular complexity index is 1120. The highest BCUT2D eigenvalue weighted by atomic mass is 35.5. The van der Waals surface area contributed by atoms with Crippen LogP contribution in [-0.2, 0) is 10.0 Å². The molecule has 24 heavy (non-hydrogen) atoms. The van der Waals surface area contributed by atoms with E-state index in [0.717, 1.165) is 0 Å². The summed E-state index contributed by atoms with van der Waals surface area (Å²) >= 11 is 12.1. The first-order valence-corrected chi connectivity index (χ1v) is 9.00. The van der Waals surface area contributed by atoms with Crippen LogP contribution in [0.2, 0.25) is 10.0 Å². The molecule has 0 atom stereocenters. The largest absolute Gasteiger partial charge is 0.268 e. The van der Waals surface area contributed by atoms with Crippen LogP contribution < -0.4 is 10.7 Å². The standard InChI is InChI=1S/C15H11Cl2N3O3S/c1-8-19-14-12(6-9(16)7-13(14)17)15(21)20(8)10-2-4-11(5-3-10)24(18,22)23/h2-7H,1H3,(H2,18,22,23). The minimum absolute atomic E-state index is 0.0446. The van der Waals surface area contributed by atoms with Crippen LogP contribution in [0.25, 0.3) is 16.6 Å². The number of fused-ring (bicyclic) bond motifs is 1. The number of halogens is 2. The highest BCUT2D eigenvalue weighted by Gasteiger charge is 2.14. The van der Waals surface area contributed by atoms with Gasteiger partial charge < -0.3 is 0 Å². The summed E-state index contributed by atoms with van der Waals surface area (Å²) in [5.74, 6) is 0.403. The van der Waals surface area contributed by atoms with Gasteiger partial charge in [-0.25, -0.2) is 18.5 Å². The van der Waals surface area contributed by atoms with Gasteiger partial charge in [0.05, 0.1) is 26.5 Å². The predicted octanol–water partition coefficient (Wildman–Crippen LogP) is 2.65. The first kappa shape index (κ1) is 16.9. The molecule has 9 heteroatoms. The van der Waals surface area contributed by atoms with Gasteiger partial charge in [0.15, 0.2) is 0 Å². The maximum absolute atomic E-state index is 12.8. The van der Waals surface area contributed by atoms with Crippen molar-refractivity contribution < 1.29 is 8.42 Å². The number of nitrogens with zero attached hydrogens (tertiary/aromatic N) is 2. The molecule has 0 bridgehead atoms. The van der Waals surface area contributed by atoms with Gasteiger partial charge in [0.1, 0.15) is 5.82 Å². The van der Waals surface area contributed by atoms with Crippen molar-refractivity contribution in [2.24, 2.45) is 5.14 Å². The summed E-state index contributed by atoms with van der Waals surface area (Å²) in [6.07, 6.45) is 0. The number of hydrogen-bond donors (Lipinski definition) is 1. The Morgan fingerprint density at radius 2 is 1.75 bits per heavy atom. The molecule has 0 aliphatic carbocycles. The van der Waals surface area contributed by atoms with Gasteiger partial charge in [-0.3, -0.25) is 9.36 Å². The molecule has 0 aliphatic heterocycles. The fourth-order valence-electron chi connectivity index (χ4n) is 2.41. The van der Waals surface area contributed by atoms with E-state index in [1.165, 1.54) is 41.0 Å². The lowest BCUT2D eigenvalue weighted by Gasteiger charge is -2.12. The number of primary sulfonamides is 1. The van der Waals surface area contributed by atoms with Crippen LogP contribution in [0.3, 0.4) is 0 Å². The summed E-state index contributed by atoms with van der Waals surface area (Å²) in [6, 6.07) is 8.62. The van der Waals surface area contributed by atoms with Crippen LogP contribution in [0, 0.1) is 6.92 Å². The van der Waals surface area contributed by atoms with Gasteiger partial charge >= 0.3 is 0 Å². The van der Waals surface area contributed by atoms with Crippen LogP contribution in [0.1, 0.15) is 5.82 Å². The molecule has 6 nitrogen and oxygen atoms in total. The zero-order chi connectivity index (χ0) is 17.6. The number of aryl methyl sites for hydroxylation is 1. The molecule has 2 aromatic carbocycles. The number of aromatic nitrogens is 2. The van der Waals surface area contributed by atoms with Crippen molar-refractivity contribution in [3.8, 4) is 5.69 Å². The molecule has 0 saturated carbocycles. The molecular formula is C15H11Cl2N3O3S. The number of rotatable bonds is 2. The number of hydrogen-bond acceptors (Lipinski definition) is 4. The van der Waals surface area contributed by atoms with Gasteiger partial charge in [-0.05, 0) is 43.3 Å². The van der Waals surface area contributed by atoms with Gasteiger partial charge in [0.2, 0.25) is 10.0 Å². The SMILES string of the molecule is Cc1nc2c(Cl)cc(Cl)cc2c(=O)n1-c1ccc(S(N)(=O)=O)cc1. The van der Waals surface area contributed by atoms with Gasteiger partial charge in [0, 0.05) is 5.02 Å². The fourth-order valence-corrected chi connectivity index (χ4v) is 3.46. The van der Waals surface area contributed by atoms with Crippen molar-refractivity contribution in [2.45, 2.75) is 11.8 Å². The lowest BCUT2D eigenvalue weighted by molar-refractivity contribution is 0.598. The van der Waals surface area contributed by atoms with Gasteiger partial charge in [0.25, 0.3) is 5.56 Å². The fraction of sp³-hybridized carbons (Fsp3) is 0.0667. The van der Waals surface area contributed by atoms with E-state index in [0.29, 0.717) is 22.1 Å². The monoisotopic (exact) mass is 383 g/mol.